The van der Waals surface area contributed by atoms with Crippen molar-refractivity contribution < 1.29 is 18.8 Å². The van der Waals surface area contributed by atoms with Crippen molar-refractivity contribution in [3.63, 3.8) is 0 Å². The molecule has 34 heavy (non-hydrogen) atoms. The van der Waals surface area contributed by atoms with E-state index in [9.17, 15) is 14.4 Å². The highest BCUT2D eigenvalue weighted by molar-refractivity contribution is 5.98. The third kappa shape index (κ3) is 5.24. The number of para-hydroxylation sites is 1. The number of hydrogen-bond acceptors (Lipinski definition) is 4. The van der Waals surface area contributed by atoms with Crippen LogP contribution in [0.4, 0.5) is 4.79 Å². The molecule has 0 bridgehead atoms. The Kier molecular flexibility index (Phi) is 7.20. The van der Waals surface area contributed by atoms with Gasteiger partial charge in [-0.25, -0.2) is 4.79 Å². The zero-order chi connectivity index (χ0) is 24.1. The molecule has 3 N–H and O–H groups in total. The number of fused-ring (bicyclic) bond motifs is 1. The summed E-state index contributed by atoms with van der Waals surface area (Å²) in [5.74, 6) is 0.293. The van der Waals surface area contributed by atoms with E-state index >= 15 is 0 Å². The Morgan fingerprint density at radius 2 is 1.79 bits per heavy atom. The maximum atomic E-state index is 12.9. The van der Waals surface area contributed by atoms with Crippen molar-refractivity contribution in [3.8, 4) is 0 Å². The van der Waals surface area contributed by atoms with Crippen molar-refractivity contribution in [1.29, 1.82) is 0 Å². The molecule has 2 aromatic heterocycles. The van der Waals surface area contributed by atoms with E-state index in [1.807, 2.05) is 44.2 Å². The second kappa shape index (κ2) is 10.5. The van der Waals surface area contributed by atoms with Gasteiger partial charge in [-0.2, -0.15) is 0 Å². The summed E-state index contributed by atoms with van der Waals surface area (Å²) < 4.78 is 5.26. The Bertz CT molecular complexity index is 1100. The first kappa shape index (κ1) is 23.4. The molecule has 0 radical (unpaired) electrons. The lowest BCUT2D eigenvalue weighted by atomic mass is 9.98. The van der Waals surface area contributed by atoms with E-state index < -0.39 is 6.04 Å². The van der Waals surface area contributed by atoms with Gasteiger partial charge in [0.15, 0.2) is 0 Å². The molecule has 1 saturated heterocycles. The topological polar surface area (TPSA) is 111 Å². The highest BCUT2D eigenvalue weighted by Gasteiger charge is 2.30. The maximum Gasteiger partial charge on any atom is 0.318 e. The molecule has 0 saturated carbocycles. The summed E-state index contributed by atoms with van der Waals surface area (Å²) in [6.07, 6.45) is 2.30. The van der Waals surface area contributed by atoms with Gasteiger partial charge in [0.1, 0.15) is 17.5 Å². The lowest BCUT2D eigenvalue weighted by Crippen LogP contribution is -2.57. The van der Waals surface area contributed by atoms with Gasteiger partial charge < -0.3 is 29.8 Å². The van der Waals surface area contributed by atoms with Crippen molar-refractivity contribution in [2.75, 3.05) is 26.2 Å². The molecule has 4 amide bonds. The standard InChI is InChI=1S/C25H31N5O4/c1-3-17(2)22(23(31)26-16-19-8-6-14-34-19)28-25(33)30-12-10-29(11-13-30)24(32)21-15-18-7-4-5-9-20(18)27-21/h4-9,14-15,17,22,27H,3,10-13,16H2,1-2H3,(H,26,31)(H,28,33). The molecule has 2 unspecified atom stereocenters. The molecule has 180 valence electrons. The molecule has 9 heteroatoms. The zero-order valence-electron chi connectivity index (χ0n) is 19.5. The Balaban J connectivity index is 1.31. The normalized spacial score (nSPS) is 15.7. The molecule has 2 atom stereocenters. The monoisotopic (exact) mass is 465 g/mol. The minimum Gasteiger partial charge on any atom is -0.467 e. The quantitative estimate of drug-likeness (QED) is 0.498. The average molecular weight is 466 g/mol. The van der Waals surface area contributed by atoms with Crippen molar-refractivity contribution in [2.24, 2.45) is 5.92 Å². The number of nitrogens with zero attached hydrogens (tertiary/aromatic N) is 2. The SMILES string of the molecule is CCC(C)C(NC(=O)N1CCN(C(=O)c2cc3ccccc3[nH]2)CC1)C(=O)NCc1ccco1. The summed E-state index contributed by atoms with van der Waals surface area (Å²) >= 11 is 0. The Morgan fingerprint density at radius 1 is 1.06 bits per heavy atom. The summed E-state index contributed by atoms with van der Waals surface area (Å²) in [5, 5.41) is 6.72. The average Bonchev–Trinajstić information content (AvgIpc) is 3.54. The number of H-pyrrole nitrogens is 1. The summed E-state index contributed by atoms with van der Waals surface area (Å²) in [7, 11) is 0. The fraction of sp³-hybridized carbons (Fsp3) is 0.400. The van der Waals surface area contributed by atoms with E-state index in [1.165, 1.54) is 0 Å². The molecule has 4 rings (SSSR count). The van der Waals surface area contributed by atoms with Gasteiger partial charge in [-0.15, -0.1) is 0 Å². The Hall–Kier alpha value is -3.75. The van der Waals surface area contributed by atoms with E-state index in [0.717, 1.165) is 17.3 Å². The molecule has 1 fully saturated rings. The summed E-state index contributed by atoms with van der Waals surface area (Å²) in [5.41, 5.74) is 1.47. The van der Waals surface area contributed by atoms with Crippen LogP contribution in [-0.2, 0) is 11.3 Å². The first-order chi connectivity index (χ1) is 16.5. The lowest BCUT2D eigenvalue weighted by molar-refractivity contribution is -0.124. The minimum absolute atomic E-state index is 0.0366. The van der Waals surface area contributed by atoms with Crippen LogP contribution in [0.5, 0.6) is 0 Å². The number of carbonyl (C=O) groups is 3. The van der Waals surface area contributed by atoms with Gasteiger partial charge in [0, 0.05) is 37.1 Å². The van der Waals surface area contributed by atoms with E-state index in [0.29, 0.717) is 37.6 Å². The Labute approximate surface area is 198 Å². The number of benzene rings is 1. The number of carbonyl (C=O) groups excluding carboxylic acids is 3. The van der Waals surface area contributed by atoms with Crippen molar-refractivity contribution >= 4 is 28.7 Å². The van der Waals surface area contributed by atoms with Crippen molar-refractivity contribution in [1.82, 2.24) is 25.4 Å². The van der Waals surface area contributed by atoms with Crippen LogP contribution in [-0.4, -0.2) is 64.9 Å². The van der Waals surface area contributed by atoms with E-state index in [4.69, 9.17) is 4.42 Å². The van der Waals surface area contributed by atoms with Crippen molar-refractivity contribution in [2.45, 2.75) is 32.9 Å². The zero-order valence-corrected chi connectivity index (χ0v) is 19.5. The molecule has 3 heterocycles. The predicted molar refractivity (Wildman–Crippen MR) is 128 cm³/mol. The first-order valence-electron chi connectivity index (χ1n) is 11.7. The third-order valence-corrected chi connectivity index (χ3v) is 6.41. The van der Waals surface area contributed by atoms with Gasteiger partial charge in [-0.1, -0.05) is 38.5 Å². The van der Waals surface area contributed by atoms with Gasteiger partial charge in [0.2, 0.25) is 5.91 Å². The summed E-state index contributed by atoms with van der Waals surface area (Å²) in [4.78, 5) is 45.2. The van der Waals surface area contributed by atoms with Gasteiger partial charge in [0.05, 0.1) is 12.8 Å². The number of amides is 4. The largest absolute Gasteiger partial charge is 0.467 e. The molecular formula is C25H31N5O4. The predicted octanol–water partition coefficient (Wildman–Crippen LogP) is 2.96. The van der Waals surface area contributed by atoms with Gasteiger partial charge >= 0.3 is 6.03 Å². The van der Waals surface area contributed by atoms with Crippen LogP contribution in [0.1, 0.15) is 36.5 Å². The number of aromatic nitrogens is 1. The highest BCUT2D eigenvalue weighted by Crippen LogP contribution is 2.17. The van der Waals surface area contributed by atoms with E-state index in [-0.39, 0.29) is 30.3 Å². The fourth-order valence-electron chi connectivity index (χ4n) is 4.10. The summed E-state index contributed by atoms with van der Waals surface area (Å²) in [6, 6.07) is 12.2. The number of urea groups is 1. The van der Waals surface area contributed by atoms with Crippen LogP contribution in [0.25, 0.3) is 10.9 Å². The number of piperazine rings is 1. The fourth-order valence-corrected chi connectivity index (χ4v) is 4.10. The van der Waals surface area contributed by atoms with Crippen LogP contribution >= 0.6 is 0 Å². The van der Waals surface area contributed by atoms with Gasteiger partial charge in [0.25, 0.3) is 5.91 Å². The molecule has 1 aromatic carbocycles. The maximum absolute atomic E-state index is 12.9. The molecule has 0 spiro atoms. The molecule has 1 aliphatic rings. The van der Waals surface area contributed by atoms with E-state index in [2.05, 4.69) is 15.6 Å². The van der Waals surface area contributed by atoms with Crippen LogP contribution < -0.4 is 10.6 Å². The number of furan rings is 1. The van der Waals surface area contributed by atoms with Crippen LogP contribution in [0, 0.1) is 5.92 Å². The van der Waals surface area contributed by atoms with E-state index in [1.54, 1.807) is 28.2 Å². The number of nitrogens with one attached hydrogen (secondary N) is 3. The van der Waals surface area contributed by atoms with Crippen LogP contribution in [0.15, 0.2) is 53.1 Å². The lowest BCUT2D eigenvalue weighted by Gasteiger charge is -2.35. The second-order valence-corrected chi connectivity index (χ2v) is 8.66. The number of rotatable bonds is 7. The molecule has 9 nitrogen and oxygen atoms in total. The number of aromatic amines is 1. The first-order valence-corrected chi connectivity index (χ1v) is 11.7. The molecule has 3 aromatic rings. The Morgan fingerprint density at radius 3 is 2.47 bits per heavy atom. The molecule has 0 aliphatic carbocycles. The van der Waals surface area contributed by atoms with Gasteiger partial charge in [-0.05, 0) is 30.2 Å². The van der Waals surface area contributed by atoms with Gasteiger partial charge in [-0.3, -0.25) is 9.59 Å². The minimum atomic E-state index is -0.654. The smallest absolute Gasteiger partial charge is 0.318 e. The highest BCUT2D eigenvalue weighted by atomic mass is 16.3. The molecule has 1 aliphatic heterocycles. The second-order valence-electron chi connectivity index (χ2n) is 8.66. The summed E-state index contributed by atoms with van der Waals surface area (Å²) in [6.45, 7) is 5.86. The third-order valence-electron chi connectivity index (χ3n) is 6.41. The van der Waals surface area contributed by atoms with Crippen molar-refractivity contribution in [3.05, 3.63) is 60.2 Å². The molecular weight excluding hydrogens is 434 g/mol. The van der Waals surface area contributed by atoms with Crippen LogP contribution in [0.2, 0.25) is 0 Å². The number of hydrogen-bond donors (Lipinski definition) is 3. The van der Waals surface area contributed by atoms with Crippen LogP contribution in [0.3, 0.4) is 0 Å².